The lowest BCUT2D eigenvalue weighted by atomic mass is 10.1. The van der Waals surface area contributed by atoms with Gasteiger partial charge in [-0.15, -0.1) is 0 Å². The first-order chi connectivity index (χ1) is 13.5. The second-order valence-electron chi connectivity index (χ2n) is 6.35. The second-order valence-corrected chi connectivity index (χ2v) is 6.35. The third kappa shape index (κ3) is 4.09. The Kier molecular flexibility index (Phi) is 5.84. The molecule has 0 saturated carbocycles. The van der Waals surface area contributed by atoms with E-state index in [1.54, 1.807) is 32.5 Å². The lowest BCUT2D eigenvalue weighted by Gasteiger charge is -2.11. The molecule has 0 atom stereocenters. The summed E-state index contributed by atoms with van der Waals surface area (Å²) in [4.78, 5) is 24.6. The molecule has 2 amide bonds. The van der Waals surface area contributed by atoms with Crippen LogP contribution < -0.4 is 20.3 Å². The molecule has 3 rings (SSSR count). The van der Waals surface area contributed by atoms with E-state index < -0.39 is 0 Å². The van der Waals surface area contributed by atoms with E-state index in [4.69, 9.17) is 9.47 Å². The highest BCUT2D eigenvalue weighted by atomic mass is 16.5. The molecule has 0 bridgehead atoms. The fourth-order valence-electron chi connectivity index (χ4n) is 3.10. The number of hydrazine groups is 1. The van der Waals surface area contributed by atoms with E-state index >= 15 is 0 Å². The van der Waals surface area contributed by atoms with Gasteiger partial charge in [0.05, 0.1) is 19.8 Å². The fraction of sp³-hybridized carbons (Fsp3) is 0.238. The third-order valence-electron chi connectivity index (χ3n) is 4.57. The Labute approximate surface area is 163 Å². The number of hydrogen-bond donors (Lipinski definition) is 2. The van der Waals surface area contributed by atoms with Gasteiger partial charge < -0.3 is 14.0 Å². The highest BCUT2D eigenvalue weighted by Crippen LogP contribution is 2.25. The van der Waals surface area contributed by atoms with E-state index in [1.165, 1.54) is 0 Å². The van der Waals surface area contributed by atoms with Crippen LogP contribution in [0.5, 0.6) is 11.5 Å². The van der Waals surface area contributed by atoms with Gasteiger partial charge in [-0.1, -0.05) is 18.2 Å². The van der Waals surface area contributed by atoms with Crippen molar-refractivity contribution in [3.05, 3.63) is 59.8 Å². The summed E-state index contributed by atoms with van der Waals surface area (Å²) in [5, 5.41) is 0.831. The molecule has 0 aliphatic rings. The summed E-state index contributed by atoms with van der Waals surface area (Å²) in [6.07, 6.45) is 2.39. The maximum atomic E-state index is 12.5. The predicted octanol–water partition coefficient (Wildman–Crippen LogP) is 2.59. The molecule has 0 aliphatic heterocycles. The van der Waals surface area contributed by atoms with Crippen LogP contribution >= 0.6 is 0 Å². The molecule has 1 aromatic heterocycles. The van der Waals surface area contributed by atoms with Crippen LogP contribution in [-0.2, 0) is 18.3 Å². The van der Waals surface area contributed by atoms with Crippen molar-refractivity contribution in [2.24, 2.45) is 7.05 Å². The highest BCUT2D eigenvalue weighted by Gasteiger charge is 2.14. The predicted molar refractivity (Wildman–Crippen MR) is 106 cm³/mol. The van der Waals surface area contributed by atoms with Crippen LogP contribution in [0.2, 0.25) is 0 Å². The monoisotopic (exact) mass is 381 g/mol. The second kappa shape index (κ2) is 8.47. The maximum absolute atomic E-state index is 12.5. The smallest absolute Gasteiger partial charge is 0.271 e. The van der Waals surface area contributed by atoms with Gasteiger partial charge in [0.15, 0.2) is 0 Å². The number of nitrogens with one attached hydrogen (secondary N) is 2. The molecule has 2 aromatic carbocycles. The van der Waals surface area contributed by atoms with Crippen LogP contribution in [0.15, 0.2) is 48.7 Å². The Balaban J connectivity index is 1.59. The molecule has 2 N–H and O–H groups in total. The van der Waals surface area contributed by atoms with Gasteiger partial charge in [-0.2, -0.15) is 0 Å². The van der Waals surface area contributed by atoms with Crippen LogP contribution in [0.3, 0.4) is 0 Å². The number of carbonyl (C=O) groups excluding carboxylic acids is 2. The molecule has 7 heteroatoms. The Morgan fingerprint density at radius 3 is 2.57 bits per heavy atom. The molecule has 7 nitrogen and oxygen atoms in total. The number of rotatable bonds is 6. The minimum atomic E-state index is -0.357. The van der Waals surface area contributed by atoms with E-state index in [9.17, 15) is 9.59 Å². The molecular weight excluding hydrogens is 358 g/mol. The first-order valence-electron chi connectivity index (χ1n) is 8.87. The number of nitrogens with zero attached hydrogens (tertiary/aromatic N) is 1. The largest absolute Gasteiger partial charge is 0.497 e. The summed E-state index contributed by atoms with van der Waals surface area (Å²) in [6.45, 7) is 0. The number of methoxy groups -OCH3 is 2. The zero-order valence-electron chi connectivity index (χ0n) is 16.1. The van der Waals surface area contributed by atoms with Gasteiger partial charge in [0.25, 0.3) is 5.91 Å². The summed E-state index contributed by atoms with van der Waals surface area (Å²) in [7, 11) is 5.04. The summed E-state index contributed by atoms with van der Waals surface area (Å²) >= 11 is 0. The van der Waals surface area contributed by atoms with Crippen molar-refractivity contribution in [2.75, 3.05) is 14.2 Å². The number of fused-ring (bicyclic) bond motifs is 1. The maximum Gasteiger partial charge on any atom is 0.271 e. The number of ether oxygens (including phenoxy) is 2. The van der Waals surface area contributed by atoms with Crippen LogP contribution in [0.4, 0.5) is 0 Å². The van der Waals surface area contributed by atoms with Gasteiger partial charge in [-0.3, -0.25) is 20.4 Å². The summed E-state index contributed by atoms with van der Waals surface area (Å²) < 4.78 is 12.4. The Bertz CT molecular complexity index is 1010. The van der Waals surface area contributed by atoms with Crippen molar-refractivity contribution >= 4 is 22.7 Å². The van der Waals surface area contributed by atoms with Crippen molar-refractivity contribution in [1.29, 1.82) is 0 Å². The van der Waals surface area contributed by atoms with Crippen molar-refractivity contribution in [3.63, 3.8) is 0 Å². The third-order valence-corrected chi connectivity index (χ3v) is 4.57. The summed E-state index contributed by atoms with van der Waals surface area (Å²) in [5.41, 5.74) is 7.27. The normalized spacial score (nSPS) is 10.5. The zero-order valence-corrected chi connectivity index (χ0v) is 16.1. The van der Waals surface area contributed by atoms with E-state index in [2.05, 4.69) is 10.9 Å². The zero-order chi connectivity index (χ0) is 20.1. The SMILES string of the molecule is COc1ccc(OC)c(CCC(=O)NNC(=O)c2cn(C)c3ccccc23)c1. The first kappa shape index (κ1) is 19.3. The summed E-state index contributed by atoms with van der Waals surface area (Å²) in [5.74, 6) is 0.733. The molecule has 146 valence electrons. The topological polar surface area (TPSA) is 81.6 Å². The first-order valence-corrected chi connectivity index (χ1v) is 8.87. The van der Waals surface area contributed by atoms with Gasteiger partial charge in [0, 0.05) is 30.6 Å². The average molecular weight is 381 g/mol. The molecule has 28 heavy (non-hydrogen) atoms. The lowest BCUT2D eigenvalue weighted by molar-refractivity contribution is -0.121. The van der Waals surface area contributed by atoms with Crippen LogP contribution in [0.25, 0.3) is 10.9 Å². The van der Waals surface area contributed by atoms with E-state index in [0.717, 1.165) is 16.5 Å². The lowest BCUT2D eigenvalue weighted by Crippen LogP contribution is -2.41. The Morgan fingerprint density at radius 1 is 1.04 bits per heavy atom. The van der Waals surface area contributed by atoms with Crippen LogP contribution in [-0.4, -0.2) is 30.6 Å². The molecule has 3 aromatic rings. The molecular formula is C21H23N3O4. The number of para-hydroxylation sites is 1. The summed E-state index contributed by atoms with van der Waals surface area (Å²) in [6, 6.07) is 13.0. The van der Waals surface area contributed by atoms with Crippen molar-refractivity contribution in [2.45, 2.75) is 12.8 Å². The van der Waals surface area contributed by atoms with Gasteiger partial charge in [-0.25, -0.2) is 0 Å². The fourth-order valence-corrected chi connectivity index (χ4v) is 3.10. The van der Waals surface area contributed by atoms with Gasteiger partial charge >= 0.3 is 0 Å². The number of benzene rings is 2. The molecule has 0 saturated heterocycles. The van der Waals surface area contributed by atoms with Crippen molar-refractivity contribution in [1.82, 2.24) is 15.4 Å². The Morgan fingerprint density at radius 2 is 1.82 bits per heavy atom. The van der Waals surface area contributed by atoms with Gasteiger partial charge in [-0.05, 0) is 36.2 Å². The van der Waals surface area contributed by atoms with Gasteiger partial charge in [0.1, 0.15) is 11.5 Å². The van der Waals surface area contributed by atoms with Crippen molar-refractivity contribution < 1.29 is 19.1 Å². The number of aromatic nitrogens is 1. The number of carbonyl (C=O) groups is 2. The van der Waals surface area contributed by atoms with E-state index in [-0.39, 0.29) is 18.2 Å². The average Bonchev–Trinajstić information content (AvgIpc) is 3.07. The quantitative estimate of drug-likeness (QED) is 0.643. The molecule has 0 fully saturated rings. The van der Waals surface area contributed by atoms with Gasteiger partial charge in [0.2, 0.25) is 5.91 Å². The molecule has 0 unspecified atom stereocenters. The van der Waals surface area contributed by atoms with Crippen molar-refractivity contribution in [3.8, 4) is 11.5 Å². The standard InChI is InChI=1S/C21H23N3O4/c1-24-13-17(16-6-4-5-7-18(16)24)21(26)23-22-20(25)11-8-14-12-15(27-2)9-10-19(14)28-3/h4-7,9-10,12-13H,8,11H2,1-3H3,(H,22,25)(H,23,26). The molecule has 0 aliphatic carbocycles. The number of hydrogen-bond acceptors (Lipinski definition) is 4. The number of aryl methyl sites for hydroxylation is 2. The van der Waals surface area contributed by atoms with E-state index in [0.29, 0.717) is 23.5 Å². The molecule has 0 radical (unpaired) electrons. The molecule has 0 spiro atoms. The minimum absolute atomic E-state index is 0.194. The van der Waals surface area contributed by atoms with Crippen LogP contribution in [0, 0.1) is 0 Å². The highest BCUT2D eigenvalue weighted by molar-refractivity contribution is 6.07. The number of amides is 2. The molecule has 1 heterocycles. The Hall–Kier alpha value is -3.48. The van der Waals surface area contributed by atoms with E-state index in [1.807, 2.05) is 41.9 Å². The minimum Gasteiger partial charge on any atom is -0.497 e. The van der Waals surface area contributed by atoms with Crippen LogP contribution in [0.1, 0.15) is 22.3 Å².